The summed E-state index contributed by atoms with van der Waals surface area (Å²) in [5.41, 5.74) is 1.15. The van der Waals surface area contributed by atoms with E-state index in [4.69, 9.17) is 18.9 Å². The summed E-state index contributed by atoms with van der Waals surface area (Å²) >= 11 is 1.62. The van der Waals surface area contributed by atoms with Crippen LogP contribution in [0.2, 0.25) is 0 Å². The first-order chi connectivity index (χ1) is 10.8. The summed E-state index contributed by atoms with van der Waals surface area (Å²) in [6.45, 7) is 1.46. The summed E-state index contributed by atoms with van der Waals surface area (Å²) in [5.74, 6) is 1.48. The molecule has 1 aliphatic heterocycles. The number of nitrogens with zero attached hydrogens (tertiary/aromatic N) is 1. The van der Waals surface area contributed by atoms with Crippen LogP contribution in [-0.2, 0) is 15.9 Å². The van der Waals surface area contributed by atoms with Crippen molar-refractivity contribution in [3.63, 3.8) is 0 Å². The third kappa shape index (κ3) is 3.40. The number of aromatic nitrogens is 1. The van der Waals surface area contributed by atoms with Gasteiger partial charge in [0.05, 0.1) is 27.4 Å². The third-order valence-corrected chi connectivity index (χ3v) is 4.45. The van der Waals surface area contributed by atoms with Gasteiger partial charge in [-0.3, -0.25) is 0 Å². The number of benzene rings is 1. The Balaban J connectivity index is 1.72. The molecule has 118 valence electrons. The van der Waals surface area contributed by atoms with Gasteiger partial charge in [0, 0.05) is 17.5 Å². The van der Waals surface area contributed by atoms with Crippen molar-refractivity contribution in [3.8, 4) is 11.5 Å². The van der Waals surface area contributed by atoms with E-state index >= 15 is 0 Å². The Bertz CT molecular complexity index is 622. The first-order valence-corrected chi connectivity index (χ1v) is 8.00. The van der Waals surface area contributed by atoms with E-state index in [1.54, 1.807) is 25.6 Å². The number of hydrogen-bond donors (Lipinski definition) is 0. The van der Waals surface area contributed by atoms with E-state index in [9.17, 15) is 0 Å². The van der Waals surface area contributed by atoms with Crippen LogP contribution in [0.5, 0.6) is 11.5 Å². The van der Waals surface area contributed by atoms with Crippen LogP contribution >= 0.6 is 11.3 Å². The van der Waals surface area contributed by atoms with Crippen LogP contribution in [0.4, 0.5) is 0 Å². The summed E-state index contributed by atoms with van der Waals surface area (Å²) in [7, 11) is 3.28. The minimum absolute atomic E-state index is 0.307. The molecule has 0 atom stereocenters. The van der Waals surface area contributed by atoms with Gasteiger partial charge in [-0.05, 0) is 24.1 Å². The highest BCUT2D eigenvalue weighted by atomic mass is 32.1. The number of methoxy groups -OCH3 is 2. The molecule has 0 saturated carbocycles. The largest absolute Gasteiger partial charge is 0.493 e. The van der Waals surface area contributed by atoms with Crippen LogP contribution in [-0.4, -0.2) is 32.4 Å². The van der Waals surface area contributed by atoms with Crippen molar-refractivity contribution in [2.75, 3.05) is 27.4 Å². The van der Waals surface area contributed by atoms with Gasteiger partial charge >= 0.3 is 0 Å². The summed E-state index contributed by atoms with van der Waals surface area (Å²) < 4.78 is 21.8. The molecule has 0 spiro atoms. The molecule has 3 rings (SSSR count). The summed E-state index contributed by atoms with van der Waals surface area (Å²) in [4.78, 5) is 5.59. The molecule has 0 unspecified atom stereocenters. The van der Waals surface area contributed by atoms with Crippen molar-refractivity contribution < 1.29 is 18.9 Å². The molecule has 22 heavy (non-hydrogen) atoms. The lowest BCUT2D eigenvalue weighted by Gasteiger charge is -2.20. The van der Waals surface area contributed by atoms with Crippen LogP contribution in [0.3, 0.4) is 0 Å². The van der Waals surface area contributed by atoms with Gasteiger partial charge in [0.15, 0.2) is 11.5 Å². The fourth-order valence-corrected chi connectivity index (χ4v) is 3.29. The number of thiazole rings is 1. The zero-order valence-corrected chi connectivity index (χ0v) is 13.5. The molecule has 1 aromatic heterocycles. The Labute approximate surface area is 133 Å². The highest BCUT2D eigenvalue weighted by molar-refractivity contribution is 7.11. The van der Waals surface area contributed by atoms with E-state index in [2.05, 4.69) is 4.98 Å². The first kappa shape index (κ1) is 15.3. The number of ether oxygens (including phenoxy) is 4. The number of hydrogen-bond acceptors (Lipinski definition) is 6. The van der Waals surface area contributed by atoms with E-state index in [0.717, 1.165) is 48.1 Å². The van der Waals surface area contributed by atoms with E-state index in [0.29, 0.717) is 0 Å². The van der Waals surface area contributed by atoms with Gasteiger partial charge in [-0.1, -0.05) is 6.07 Å². The van der Waals surface area contributed by atoms with Gasteiger partial charge < -0.3 is 18.9 Å². The average Bonchev–Trinajstić information content (AvgIpc) is 3.04. The molecule has 0 aliphatic carbocycles. The second-order valence-corrected chi connectivity index (χ2v) is 6.10. The molecule has 0 amide bonds. The molecule has 1 fully saturated rings. The van der Waals surface area contributed by atoms with E-state index in [-0.39, 0.29) is 6.29 Å². The zero-order chi connectivity index (χ0) is 15.4. The quantitative estimate of drug-likeness (QED) is 0.846. The maximum Gasteiger partial charge on any atom is 0.210 e. The number of rotatable bonds is 5. The lowest BCUT2D eigenvalue weighted by Crippen LogP contribution is -2.17. The lowest BCUT2D eigenvalue weighted by atomic mass is 10.1. The maximum atomic E-state index is 5.58. The highest BCUT2D eigenvalue weighted by Gasteiger charge is 2.20. The Morgan fingerprint density at radius 2 is 1.95 bits per heavy atom. The molecular formula is C16H19NO4S. The molecule has 1 saturated heterocycles. The average molecular weight is 321 g/mol. The van der Waals surface area contributed by atoms with Gasteiger partial charge in [-0.15, -0.1) is 11.3 Å². The Morgan fingerprint density at radius 1 is 1.18 bits per heavy atom. The monoisotopic (exact) mass is 321 g/mol. The molecule has 5 nitrogen and oxygen atoms in total. The van der Waals surface area contributed by atoms with Gasteiger partial charge in [0.25, 0.3) is 0 Å². The minimum atomic E-state index is -0.307. The third-order valence-electron chi connectivity index (χ3n) is 3.43. The van der Waals surface area contributed by atoms with Crippen molar-refractivity contribution >= 4 is 11.3 Å². The maximum absolute atomic E-state index is 5.58. The Kier molecular flexibility index (Phi) is 4.92. The topological polar surface area (TPSA) is 49.8 Å². The van der Waals surface area contributed by atoms with Crippen molar-refractivity contribution in [3.05, 3.63) is 39.8 Å². The second-order valence-electron chi connectivity index (χ2n) is 4.96. The zero-order valence-electron chi connectivity index (χ0n) is 12.7. The van der Waals surface area contributed by atoms with E-state index in [1.807, 2.05) is 24.4 Å². The van der Waals surface area contributed by atoms with Crippen LogP contribution in [0.1, 0.15) is 28.2 Å². The summed E-state index contributed by atoms with van der Waals surface area (Å²) in [6, 6.07) is 5.95. The Morgan fingerprint density at radius 3 is 2.68 bits per heavy atom. The van der Waals surface area contributed by atoms with Gasteiger partial charge in [0.1, 0.15) is 5.01 Å². The van der Waals surface area contributed by atoms with Crippen LogP contribution in [0.15, 0.2) is 24.4 Å². The van der Waals surface area contributed by atoms with Crippen molar-refractivity contribution in [1.29, 1.82) is 0 Å². The first-order valence-electron chi connectivity index (χ1n) is 7.19. The molecule has 1 aliphatic rings. The fraction of sp³-hybridized carbons (Fsp3) is 0.438. The highest BCUT2D eigenvalue weighted by Crippen LogP contribution is 2.31. The fourth-order valence-electron chi connectivity index (χ4n) is 2.34. The normalized spacial score (nSPS) is 15.7. The van der Waals surface area contributed by atoms with Gasteiger partial charge in [0.2, 0.25) is 6.29 Å². The standard InChI is InChI=1S/C16H19NO4S/c1-18-13-5-4-11(9-14(13)19-2)8-12-10-17-15(22-12)16-20-6-3-7-21-16/h4-5,9-10,16H,3,6-8H2,1-2H3. The summed E-state index contributed by atoms with van der Waals surface area (Å²) in [5, 5.41) is 0.884. The molecule has 2 heterocycles. The molecule has 2 aromatic rings. The smallest absolute Gasteiger partial charge is 0.210 e. The molecule has 0 bridgehead atoms. The second kappa shape index (κ2) is 7.09. The van der Waals surface area contributed by atoms with Crippen molar-refractivity contribution in [2.24, 2.45) is 0 Å². The molecule has 6 heteroatoms. The van der Waals surface area contributed by atoms with Crippen molar-refractivity contribution in [2.45, 2.75) is 19.1 Å². The molecule has 0 N–H and O–H groups in total. The van der Waals surface area contributed by atoms with Crippen LogP contribution < -0.4 is 9.47 Å². The predicted molar refractivity (Wildman–Crippen MR) is 83.7 cm³/mol. The predicted octanol–water partition coefficient (Wildman–Crippen LogP) is 3.19. The summed E-state index contributed by atoms with van der Waals surface area (Å²) in [6.07, 6.45) is 3.32. The molecule has 1 aromatic carbocycles. The van der Waals surface area contributed by atoms with Crippen LogP contribution in [0, 0.1) is 0 Å². The molecular weight excluding hydrogens is 302 g/mol. The van der Waals surface area contributed by atoms with Crippen molar-refractivity contribution in [1.82, 2.24) is 4.98 Å². The Hall–Kier alpha value is -1.63. The van der Waals surface area contributed by atoms with E-state index < -0.39 is 0 Å². The van der Waals surface area contributed by atoms with Crippen LogP contribution in [0.25, 0.3) is 0 Å². The van der Waals surface area contributed by atoms with Gasteiger partial charge in [-0.2, -0.15) is 0 Å². The molecule has 0 radical (unpaired) electrons. The SMILES string of the molecule is COc1ccc(Cc2cnc(C3OCCCO3)s2)cc1OC. The minimum Gasteiger partial charge on any atom is -0.493 e. The lowest BCUT2D eigenvalue weighted by molar-refractivity contribution is -0.183. The van der Waals surface area contributed by atoms with Gasteiger partial charge in [-0.25, -0.2) is 4.98 Å². The van der Waals surface area contributed by atoms with E-state index in [1.165, 1.54) is 4.88 Å².